The summed E-state index contributed by atoms with van der Waals surface area (Å²) in [6.45, 7) is 13.7. The highest BCUT2D eigenvalue weighted by Gasteiger charge is 2.52. The predicted octanol–water partition coefficient (Wildman–Crippen LogP) is 8.56. The minimum absolute atomic E-state index is 0.0240. The van der Waals surface area contributed by atoms with Crippen molar-refractivity contribution in [1.29, 1.82) is 0 Å². The molecule has 23 rings (SSSR count). The van der Waals surface area contributed by atoms with Gasteiger partial charge in [-0.3, -0.25) is 26.1 Å². The molecule has 5 aliphatic carbocycles. The minimum Gasteiger partial charge on any atom is -0.462 e. The first-order valence-corrected chi connectivity index (χ1v) is 53.3. The number of aromatic nitrogens is 8. The number of allylic oxidation sites excluding steroid dienone is 4. The largest absolute Gasteiger partial charge is 0.462 e. The number of ether oxygens (including phenoxy) is 1. The Hall–Kier alpha value is -9.47. The van der Waals surface area contributed by atoms with Crippen molar-refractivity contribution < 1.29 is 55.2 Å². The van der Waals surface area contributed by atoms with Gasteiger partial charge in [-0.25, -0.2) is 33.1 Å². The Morgan fingerprint density at radius 3 is 1.36 bits per heavy atom. The fraction of sp³-hybridized carbons (Fsp3) is 0.548. The van der Waals surface area contributed by atoms with Gasteiger partial charge in [0.25, 0.3) is 0 Å². The number of nitrogens with zero attached hydrogens (tertiary/aromatic N) is 15. The summed E-state index contributed by atoms with van der Waals surface area (Å²) < 4.78 is 82.0. The molecule has 3 aromatic carbocycles. The molecule has 15 heterocycles. The zero-order valence-electron chi connectivity index (χ0n) is 74.0. The van der Waals surface area contributed by atoms with Crippen LogP contribution >= 0.6 is 0 Å². The number of para-hydroxylation sites is 2. The van der Waals surface area contributed by atoms with Gasteiger partial charge >= 0.3 is 5.97 Å². The van der Waals surface area contributed by atoms with E-state index in [-0.39, 0.29) is 65.5 Å². The Kier molecular flexibility index (Phi) is 23.9. The van der Waals surface area contributed by atoms with E-state index in [9.17, 15) is 50.5 Å². The average molecular weight is 1870 g/mol. The number of benzene rings is 3. The number of fused-ring (bicyclic) bond motifs is 9. The van der Waals surface area contributed by atoms with Crippen LogP contribution in [0.25, 0.3) is 5.57 Å². The summed E-state index contributed by atoms with van der Waals surface area (Å²) in [5.74, 6) is 9.28. The van der Waals surface area contributed by atoms with Crippen molar-refractivity contribution in [2.24, 2.45) is 16.8 Å². The average Bonchev–Trinajstić information content (AvgIpc) is 1.75. The Morgan fingerprint density at radius 1 is 0.531 bits per heavy atom. The lowest BCUT2D eigenvalue weighted by molar-refractivity contribution is 0.0526. The third-order valence-corrected chi connectivity index (χ3v) is 36.6. The number of sulfonamides is 1. The molecular formula is C93H116N20O12S5. The van der Waals surface area contributed by atoms with Crippen LogP contribution in [0.4, 0.5) is 58.4 Å². The molecule has 4 aromatic heterocycles. The molecule has 7 aromatic rings. The van der Waals surface area contributed by atoms with Gasteiger partial charge in [0, 0.05) is 156 Å². The zero-order valence-corrected chi connectivity index (χ0v) is 78.1. The third kappa shape index (κ3) is 17.1. The molecular weight excluding hydrogens is 1750 g/mol. The number of nitrogens with one attached hydrogen (secondary N) is 5. The van der Waals surface area contributed by atoms with E-state index in [0.717, 1.165) is 227 Å². The van der Waals surface area contributed by atoms with E-state index >= 15 is 0 Å². The van der Waals surface area contributed by atoms with Crippen LogP contribution in [0.5, 0.6) is 0 Å². The van der Waals surface area contributed by atoms with Crippen LogP contribution < -0.4 is 50.5 Å². The van der Waals surface area contributed by atoms with Gasteiger partial charge in [0.05, 0.1) is 150 Å². The number of esters is 1. The van der Waals surface area contributed by atoms with Crippen molar-refractivity contribution >= 4 is 129 Å². The van der Waals surface area contributed by atoms with E-state index in [1.807, 2.05) is 43.5 Å². The van der Waals surface area contributed by atoms with Crippen molar-refractivity contribution in [1.82, 2.24) is 44.8 Å². The SMILES string of the molecule is C=C1Nc2ccccc2C2(CCN(c3nc4c(c(NC5(CO)CC5)n3)S(=O)CC4)CC2)N1C.CCOC(=O)c1ccc2c(c1)CC=C2C1CCN(c2nc3c(c(NC4(CO)CC4)n2)S(=O)CC3)CC1.CS(=O)(=O)N1CC2(CCN(c3nc4c(c(NC5(CO)CC5)n3)S(=O)CC4)CC2)c2ccccc21.O=S1CCc2nc(N3CCC(C4=CCC=N4)CC3)nc(NC3(CO)CC3)c21. The summed E-state index contributed by atoms with van der Waals surface area (Å²) in [6, 6.07) is 22.3. The monoisotopic (exact) mass is 1860 g/mol. The van der Waals surface area contributed by atoms with Crippen LogP contribution in [-0.2, 0) is 101 Å². The summed E-state index contributed by atoms with van der Waals surface area (Å²) >= 11 is 0. The first-order valence-electron chi connectivity index (χ1n) is 46.2. The molecule has 0 radical (unpaired) electrons. The molecule has 32 nitrogen and oxygen atoms in total. The number of aliphatic imine (C=N–C) groups is 1. The molecule has 0 amide bonds. The Morgan fingerprint density at radius 2 is 0.946 bits per heavy atom. The lowest BCUT2D eigenvalue weighted by atomic mass is 9.74. The number of aliphatic hydroxyl groups is 4. The van der Waals surface area contributed by atoms with Crippen LogP contribution in [0.2, 0.25) is 0 Å². The Labute approximate surface area is 768 Å². The van der Waals surface area contributed by atoms with Crippen molar-refractivity contribution in [3.8, 4) is 0 Å². The van der Waals surface area contributed by atoms with Crippen LogP contribution in [0, 0.1) is 11.8 Å². The van der Waals surface area contributed by atoms with Gasteiger partial charge in [-0.2, -0.15) is 19.9 Å². The molecule has 0 bridgehead atoms. The molecule has 690 valence electrons. The molecule has 4 saturated heterocycles. The summed E-state index contributed by atoms with van der Waals surface area (Å²) in [7, 11) is -5.58. The third-order valence-electron chi connectivity index (χ3n) is 29.6. The van der Waals surface area contributed by atoms with E-state index in [1.54, 1.807) is 4.31 Å². The molecule has 4 saturated carbocycles. The summed E-state index contributed by atoms with van der Waals surface area (Å²) in [5.41, 5.74) is 11.9. The normalized spacial score (nSPS) is 24.1. The fourth-order valence-electron chi connectivity index (χ4n) is 20.9. The highest BCUT2D eigenvalue weighted by molar-refractivity contribution is 7.92. The van der Waals surface area contributed by atoms with Gasteiger partial charge in [-0.05, 0) is 169 Å². The van der Waals surface area contributed by atoms with E-state index in [4.69, 9.17) is 44.6 Å². The number of anilines is 10. The maximum atomic E-state index is 12.6. The Bertz CT molecular complexity index is 5970. The molecule has 130 heavy (non-hydrogen) atoms. The number of aryl methyl sites for hydroxylation is 4. The maximum absolute atomic E-state index is 12.6. The van der Waals surface area contributed by atoms with E-state index < -0.39 is 53.2 Å². The summed E-state index contributed by atoms with van der Waals surface area (Å²) in [6.07, 6.45) is 27.1. The van der Waals surface area contributed by atoms with Crippen molar-refractivity contribution in [3.63, 3.8) is 0 Å². The van der Waals surface area contributed by atoms with Crippen LogP contribution in [0.15, 0.2) is 122 Å². The lowest BCUT2D eigenvalue weighted by Crippen LogP contribution is -2.54. The standard InChI is InChI=1S/C27H32N4O4S.C24H30N6O2S.C23H29N5O4S2.C19H25N5O2S/c1-2-35-25(33)19-4-6-21-18(15-19)3-5-20(21)17-7-12-31(13-8-17)26-28-22-9-14-36(34)23(22)24(29-26)30-27(16-32)10-11-27;1-16-25-18-6-4-3-5-17(18)24(29(16)2)10-12-30(13-11-24)22-26-19-7-14-33(32)20(19)21(27-22)28-23(15-31)8-9-23;1-34(31,32)28-14-22(16-4-2-3-5-18(16)28)9-11-27(12-10-22)21-24-17-6-13-33(30)19(17)20(25-21)26-23(15-29)7-8-23;25-12-19(6-7-19)23-17-16-15(5-11-27(16)26)21-18(22-17)24-9-3-13(4-10-24)14-2-1-8-20-14/h4-6,15,17,32H,2-3,7-14,16H2,1H3,(H,28,29,30);3-6,25,31H,1,7-15H2,2H3,(H,26,27,28);2-5,29H,6-15H2,1H3,(H,24,25,26);2,8,13,25H,1,3-7,9-12H2,(H,21,22,23). The van der Waals surface area contributed by atoms with Gasteiger partial charge < -0.3 is 76.2 Å². The van der Waals surface area contributed by atoms with E-state index in [1.165, 1.54) is 34.2 Å². The molecule has 2 spiro atoms. The van der Waals surface area contributed by atoms with Gasteiger partial charge in [0.2, 0.25) is 33.8 Å². The first kappa shape index (κ1) is 88.5. The van der Waals surface area contributed by atoms with Gasteiger partial charge in [0.15, 0.2) is 0 Å². The first-order chi connectivity index (χ1) is 62.9. The van der Waals surface area contributed by atoms with Crippen LogP contribution in [0.1, 0.15) is 171 Å². The molecule has 8 fully saturated rings. The number of hydrogen-bond donors (Lipinski definition) is 9. The topological polar surface area (TPSA) is 405 Å². The van der Waals surface area contributed by atoms with Crippen molar-refractivity contribution in [2.45, 2.75) is 201 Å². The van der Waals surface area contributed by atoms with Gasteiger partial charge in [-0.1, -0.05) is 61.2 Å². The maximum Gasteiger partial charge on any atom is 0.338 e. The summed E-state index contributed by atoms with van der Waals surface area (Å²) in [5, 5.41) is 56.1. The van der Waals surface area contributed by atoms with Crippen molar-refractivity contribution in [2.75, 3.05) is 179 Å². The quantitative estimate of drug-likeness (QED) is 0.0304. The van der Waals surface area contributed by atoms with Gasteiger partial charge in [-0.15, -0.1) is 0 Å². The predicted molar refractivity (Wildman–Crippen MR) is 506 cm³/mol. The minimum atomic E-state index is -3.35. The Balaban J connectivity index is 0.000000109. The number of rotatable bonds is 21. The van der Waals surface area contributed by atoms with Crippen LogP contribution in [0.3, 0.4) is 0 Å². The number of aliphatic hydroxyl groups excluding tert-OH is 4. The number of carbonyl (C=O) groups excluding carboxylic acids is 1. The fourth-order valence-corrected chi connectivity index (χ4v) is 27.1. The number of carbonyl (C=O) groups is 1. The second-order valence-corrected chi connectivity index (χ2v) is 45.9. The molecule has 37 heteroatoms. The molecule has 4 unspecified atom stereocenters. The highest BCUT2D eigenvalue weighted by Crippen LogP contribution is 2.53. The van der Waals surface area contributed by atoms with Crippen molar-refractivity contribution in [3.05, 3.63) is 148 Å². The highest BCUT2D eigenvalue weighted by atomic mass is 32.2. The molecule has 9 N–H and O–H groups in total. The molecule has 4 atom stereocenters. The smallest absolute Gasteiger partial charge is 0.338 e. The summed E-state index contributed by atoms with van der Waals surface area (Å²) in [4.78, 5) is 69.2. The molecule has 16 aliphatic rings. The van der Waals surface area contributed by atoms with Crippen LogP contribution in [-0.4, -0.2) is 253 Å². The zero-order chi connectivity index (χ0) is 89.8. The number of piperidine rings is 4. The van der Waals surface area contributed by atoms with E-state index in [0.29, 0.717) is 132 Å². The number of hydrogen-bond acceptors (Lipinski definition) is 31. The molecule has 11 aliphatic heterocycles. The van der Waals surface area contributed by atoms with Gasteiger partial charge in [0.1, 0.15) is 42.9 Å². The second kappa shape index (κ2) is 35.2. The van der Waals surface area contributed by atoms with E-state index in [2.05, 4.69) is 118 Å². The lowest BCUT2D eigenvalue weighted by Gasteiger charge is -2.52. The second-order valence-electron chi connectivity index (χ2n) is 37.9.